The van der Waals surface area contributed by atoms with E-state index in [4.69, 9.17) is 5.73 Å². The quantitative estimate of drug-likeness (QED) is 0.839. The van der Waals surface area contributed by atoms with Gasteiger partial charge in [0.2, 0.25) is 10.0 Å². The first-order valence-electron chi connectivity index (χ1n) is 5.94. The molecule has 2 unspecified atom stereocenters. The van der Waals surface area contributed by atoms with Crippen LogP contribution in [0.3, 0.4) is 0 Å². The van der Waals surface area contributed by atoms with E-state index in [2.05, 4.69) is 11.9 Å². The van der Waals surface area contributed by atoms with Crippen LogP contribution in [0.4, 0.5) is 0 Å². The molecule has 0 spiro atoms. The van der Waals surface area contributed by atoms with Crippen molar-refractivity contribution in [3.63, 3.8) is 0 Å². The third kappa shape index (κ3) is 2.38. The molecule has 0 aromatic carbocycles. The zero-order valence-electron chi connectivity index (χ0n) is 9.96. The molecule has 6 heteroatoms. The molecule has 5 nitrogen and oxygen atoms in total. The van der Waals surface area contributed by atoms with E-state index in [1.807, 2.05) is 0 Å². The van der Waals surface area contributed by atoms with Crippen LogP contribution in [0.1, 0.15) is 19.8 Å². The normalized spacial score (nSPS) is 27.2. The summed E-state index contributed by atoms with van der Waals surface area (Å²) in [5.41, 5.74) is 5.99. The van der Waals surface area contributed by atoms with Crippen LogP contribution in [0.25, 0.3) is 0 Å². The van der Waals surface area contributed by atoms with E-state index in [9.17, 15) is 8.42 Å². The SMILES string of the molecule is CCC1CN(S(=O)(=O)c2cc[nH]c2)CCC1N. The fourth-order valence-corrected chi connectivity index (χ4v) is 3.77. The van der Waals surface area contributed by atoms with Gasteiger partial charge < -0.3 is 10.7 Å². The molecular weight excluding hydrogens is 238 g/mol. The number of aromatic amines is 1. The van der Waals surface area contributed by atoms with Crippen molar-refractivity contribution in [1.82, 2.24) is 9.29 Å². The molecule has 2 rings (SSSR count). The Hall–Kier alpha value is -0.850. The van der Waals surface area contributed by atoms with E-state index in [1.165, 1.54) is 6.20 Å². The highest BCUT2D eigenvalue weighted by molar-refractivity contribution is 7.89. The summed E-state index contributed by atoms with van der Waals surface area (Å²) >= 11 is 0. The number of nitrogens with two attached hydrogens (primary N) is 1. The van der Waals surface area contributed by atoms with Crippen molar-refractivity contribution in [2.75, 3.05) is 13.1 Å². The zero-order chi connectivity index (χ0) is 12.5. The molecule has 0 radical (unpaired) electrons. The maximum Gasteiger partial charge on any atom is 0.244 e. The van der Waals surface area contributed by atoms with Gasteiger partial charge in [0.05, 0.1) is 4.90 Å². The lowest BCUT2D eigenvalue weighted by Gasteiger charge is -2.35. The molecule has 2 atom stereocenters. The van der Waals surface area contributed by atoms with Crippen LogP contribution in [-0.4, -0.2) is 36.8 Å². The molecule has 1 aromatic heterocycles. The lowest BCUT2D eigenvalue weighted by atomic mass is 9.92. The standard InChI is InChI=1S/C11H19N3O2S/c1-2-9-8-14(6-4-11(9)12)17(15,16)10-3-5-13-7-10/h3,5,7,9,11,13H,2,4,6,8,12H2,1H3. The first-order valence-corrected chi connectivity index (χ1v) is 7.38. The highest BCUT2D eigenvalue weighted by Crippen LogP contribution is 2.24. The predicted octanol–water partition coefficient (Wildman–Crippen LogP) is 0.763. The highest BCUT2D eigenvalue weighted by Gasteiger charge is 2.33. The Labute approximate surface area is 102 Å². The minimum atomic E-state index is -3.34. The van der Waals surface area contributed by atoms with Gasteiger partial charge in [-0.05, 0) is 18.4 Å². The molecule has 2 heterocycles. The van der Waals surface area contributed by atoms with Crippen molar-refractivity contribution < 1.29 is 8.42 Å². The lowest BCUT2D eigenvalue weighted by molar-refractivity contribution is 0.230. The van der Waals surface area contributed by atoms with Crippen molar-refractivity contribution >= 4 is 10.0 Å². The van der Waals surface area contributed by atoms with Gasteiger partial charge in [0, 0.05) is 31.5 Å². The lowest BCUT2D eigenvalue weighted by Crippen LogP contribution is -2.48. The molecule has 1 saturated heterocycles. The van der Waals surface area contributed by atoms with Crippen LogP contribution in [-0.2, 0) is 10.0 Å². The Kier molecular flexibility index (Phi) is 3.56. The van der Waals surface area contributed by atoms with Crippen LogP contribution in [0.5, 0.6) is 0 Å². The Balaban J connectivity index is 2.19. The second-order valence-electron chi connectivity index (χ2n) is 4.53. The number of hydrogen-bond donors (Lipinski definition) is 2. The Morgan fingerprint density at radius 3 is 2.94 bits per heavy atom. The third-order valence-electron chi connectivity index (χ3n) is 3.49. The molecule has 0 aliphatic carbocycles. The Morgan fingerprint density at radius 1 is 1.59 bits per heavy atom. The summed E-state index contributed by atoms with van der Waals surface area (Å²) in [6.45, 7) is 3.10. The number of nitrogens with zero attached hydrogens (tertiary/aromatic N) is 1. The fourth-order valence-electron chi connectivity index (χ4n) is 2.29. The first-order chi connectivity index (χ1) is 8.05. The average Bonchev–Trinajstić information content (AvgIpc) is 2.83. The average molecular weight is 257 g/mol. The number of piperidine rings is 1. The number of nitrogens with one attached hydrogen (secondary N) is 1. The number of hydrogen-bond acceptors (Lipinski definition) is 3. The van der Waals surface area contributed by atoms with Crippen LogP contribution in [0.15, 0.2) is 23.4 Å². The van der Waals surface area contributed by atoms with Crippen molar-refractivity contribution in [3.05, 3.63) is 18.5 Å². The van der Waals surface area contributed by atoms with Crippen molar-refractivity contribution in [1.29, 1.82) is 0 Å². The van der Waals surface area contributed by atoms with Gasteiger partial charge in [-0.25, -0.2) is 8.42 Å². The second kappa shape index (κ2) is 4.80. The summed E-state index contributed by atoms with van der Waals surface area (Å²) in [6, 6.07) is 1.71. The summed E-state index contributed by atoms with van der Waals surface area (Å²) in [4.78, 5) is 3.11. The van der Waals surface area contributed by atoms with Gasteiger partial charge in [0.25, 0.3) is 0 Å². The van der Waals surface area contributed by atoms with Gasteiger partial charge in [0.15, 0.2) is 0 Å². The third-order valence-corrected chi connectivity index (χ3v) is 5.35. The number of sulfonamides is 1. The maximum atomic E-state index is 12.3. The van der Waals surface area contributed by atoms with E-state index in [-0.39, 0.29) is 12.0 Å². The van der Waals surface area contributed by atoms with Gasteiger partial charge in [-0.2, -0.15) is 4.31 Å². The maximum absolute atomic E-state index is 12.3. The van der Waals surface area contributed by atoms with Gasteiger partial charge in [0.1, 0.15) is 0 Å². The fraction of sp³-hybridized carbons (Fsp3) is 0.636. The molecule has 3 N–H and O–H groups in total. The predicted molar refractivity (Wildman–Crippen MR) is 65.9 cm³/mol. The van der Waals surface area contributed by atoms with Crippen molar-refractivity contribution in [2.45, 2.75) is 30.7 Å². The molecule has 0 bridgehead atoms. The molecule has 0 saturated carbocycles. The highest BCUT2D eigenvalue weighted by atomic mass is 32.2. The van der Waals surface area contributed by atoms with Crippen molar-refractivity contribution in [3.8, 4) is 0 Å². The van der Waals surface area contributed by atoms with E-state index in [0.717, 1.165) is 12.8 Å². The molecule has 1 fully saturated rings. The number of H-pyrrole nitrogens is 1. The second-order valence-corrected chi connectivity index (χ2v) is 6.47. The minimum Gasteiger partial charge on any atom is -0.366 e. The summed E-state index contributed by atoms with van der Waals surface area (Å²) in [5.74, 6) is 0.262. The molecule has 1 aromatic rings. The minimum absolute atomic E-state index is 0.123. The Morgan fingerprint density at radius 2 is 2.35 bits per heavy atom. The van der Waals surface area contributed by atoms with E-state index < -0.39 is 10.0 Å². The topological polar surface area (TPSA) is 79.2 Å². The van der Waals surface area contributed by atoms with Crippen LogP contribution in [0.2, 0.25) is 0 Å². The van der Waals surface area contributed by atoms with Crippen LogP contribution >= 0.6 is 0 Å². The summed E-state index contributed by atoms with van der Waals surface area (Å²) in [6.07, 6.45) is 4.80. The summed E-state index contributed by atoms with van der Waals surface area (Å²) in [5, 5.41) is 0. The smallest absolute Gasteiger partial charge is 0.244 e. The zero-order valence-corrected chi connectivity index (χ0v) is 10.8. The molecule has 96 valence electrons. The molecule has 0 amide bonds. The monoisotopic (exact) mass is 257 g/mol. The molecule has 17 heavy (non-hydrogen) atoms. The number of rotatable bonds is 3. The van der Waals surface area contributed by atoms with Crippen molar-refractivity contribution in [2.24, 2.45) is 11.7 Å². The van der Waals surface area contributed by atoms with E-state index in [1.54, 1.807) is 16.6 Å². The van der Waals surface area contributed by atoms with Crippen LogP contribution in [0, 0.1) is 5.92 Å². The molecule has 1 aliphatic heterocycles. The molecule has 1 aliphatic rings. The van der Waals surface area contributed by atoms with E-state index in [0.29, 0.717) is 18.0 Å². The number of aromatic nitrogens is 1. The van der Waals surface area contributed by atoms with Gasteiger partial charge in [-0.15, -0.1) is 0 Å². The first kappa shape index (κ1) is 12.6. The van der Waals surface area contributed by atoms with Crippen LogP contribution < -0.4 is 5.73 Å². The molecular formula is C11H19N3O2S. The Bertz CT molecular complexity index is 455. The van der Waals surface area contributed by atoms with E-state index >= 15 is 0 Å². The van der Waals surface area contributed by atoms with Gasteiger partial charge >= 0.3 is 0 Å². The largest absolute Gasteiger partial charge is 0.366 e. The van der Waals surface area contributed by atoms with Gasteiger partial charge in [-0.1, -0.05) is 13.3 Å². The van der Waals surface area contributed by atoms with Gasteiger partial charge in [-0.3, -0.25) is 0 Å². The summed E-state index contributed by atoms with van der Waals surface area (Å²) < 4.78 is 26.1. The summed E-state index contributed by atoms with van der Waals surface area (Å²) in [7, 11) is -3.34.